The largest absolute Gasteiger partial charge is 0.497 e. The van der Waals surface area contributed by atoms with Crippen molar-refractivity contribution in [2.75, 3.05) is 13.7 Å². The molecule has 3 nitrogen and oxygen atoms in total. The van der Waals surface area contributed by atoms with Crippen LogP contribution >= 0.6 is 0 Å². The van der Waals surface area contributed by atoms with Crippen LogP contribution in [0.5, 0.6) is 5.75 Å². The second-order valence-corrected chi connectivity index (χ2v) is 5.71. The Morgan fingerprint density at radius 1 is 1.21 bits per heavy atom. The molecule has 0 aliphatic carbocycles. The summed E-state index contributed by atoms with van der Waals surface area (Å²) in [5, 5.41) is 0. The number of piperidine rings is 1. The molecule has 3 atom stereocenters. The number of methoxy groups -OCH3 is 1. The van der Waals surface area contributed by atoms with Gasteiger partial charge in [-0.25, -0.2) is 0 Å². The highest BCUT2D eigenvalue weighted by Gasteiger charge is 2.26. The van der Waals surface area contributed by atoms with E-state index in [0.717, 1.165) is 12.3 Å². The van der Waals surface area contributed by atoms with Crippen molar-refractivity contribution < 1.29 is 4.74 Å². The van der Waals surface area contributed by atoms with Crippen LogP contribution in [0.25, 0.3) is 0 Å². The average molecular weight is 262 g/mol. The number of hydrogen-bond acceptors (Lipinski definition) is 3. The quantitative estimate of drug-likeness (QED) is 0.906. The normalized spacial score (nSPS) is 26.1. The first kappa shape index (κ1) is 14.4. The van der Waals surface area contributed by atoms with Crippen molar-refractivity contribution in [3.8, 4) is 5.75 Å². The summed E-state index contributed by atoms with van der Waals surface area (Å²) >= 11 is 0. The number of hydrogen-bond donors (Lipinski definition) is 1. The van der Waals surface area contributed by atoms with Gasteiger partial charge in [-0.3, -0.25) is 4.90 Å². The molecule has 19 heavy (non-hydrogen) atoms. The number of nitrogens with zero attached hydrogens (tertiary/aromatic N) is 1. The molecule has 1 aliphatic rings. The fraction of sp³-hybridized carbons (Fsp3) is 0.625. The maximum absolute atomic E-state index is 6.36. The first-order valence-electron chi connectivity index (χ1n) is 7.27. The molecular weight excluding hydrogens is 236 g/mol. The molecule has 1 unspecified atom stereocenters. The number of ether oxygens (including phenoxy) is 1. The van der Waals surface area contributed by atoms with Gasteiger partial charge in [0.25, 0.3) is 0 Å². The Kier molecular flexibility index (Phi) is 4.83. The van der Waals surface area contributed by atoms with Gasteiger partial charge in [-0.15, -0.1) is 0 Å². The van der Waals surface area contributed by atoms with Gasteiger partial charge in [0.15, 0.2) is 0 Å². The molecule has 0 saturated carbocycles. The molecule has 0 spiro atoms. The van der Waals surface area contributed by atoms with E-state index >= 15 is 0 Å². The van der Waals surface area contributed by atoms with Crippen molar-refractivity contribution in [3.63, 3.8) is 0 Å². The lowest BCUT2D eigenvalue weighted by atomic mass is 9.96. The van der Waals surface area contributed by atoms with E-state index in [2.05, 4.69) is 30.9 Å². The molecule has 0 amide bonds. The molecule has 2 N–H and O–H groups in total. The summed E-state index contributed by atoms with van der Waals surface area (Å²) in [6.07, 6.45) is 3.93. The molecule has 1 aromatic carbocycles. The maximum atomic E-state index is 6.36. The zero-order valence-corrected chi connectivity index (χ0v) is 12.3. The highest BCUT2D eigenvalue weighted by Crippen LogP contribution is 2.25. The van der Waals surface area contributed by atoms with Gasteiger partial charge >= 0.3 is 0 Å². The van der Waals surface area contributed by atoms with Gasteiger partial charge in [0.05, 0.1) is 7.11 Å². The molecule has 2 rings (SSSR count). The zero-order chi connectivity index (χ0) is 13.8. The van der Waals surface area contributed by atoms with Crippen LogP contribution in [0.2, 0.25) is 0 Å². The molecule has 106 valence electrons. The molecule has 1 aliphatic heterocycles. The van der Waals surface area contributed by atoms with E-state index in [0.29, 0.717) is 12.1 Å². The third kappa shape index (κ3) is 3.48. The van der Waals surface area contributed by atoms with Crippen molar-refractivity contribution in [3.05, 3.63) is 29.8 Å². The SMILES string of the molecule is COc1ccc(C(N)CN2[C@H](C)CCC[C@@H]2C)cc1. The summed E-state index contributed by atoms with van der Waals surface area (Å²) in [6, 6.07) is 9.48. The minimum atomic E-state index is 0.0777. The van der Waals surface area contributed by atoms with E-state index < -0.39 is 0 Å². The van der Waals surface area contributed by atoms with Crippen molar-refractivity contribution in [2.24, 2.45) is 5.73 Å². The number of rotatable bonds is 4. The second-order valence-electron chi connectivity index (χ2n) is 5.71. The number of nitrogens with two attached hydrogens (primary N) is 1. The smallest absolute Gasteiger partial charge is 0.118 e. The standard InChI is InChI=1S/C16H26N2O/c1-12-5-4-6-13(2)18(12)11-16(17)14-7-9-15(19-3)10-8-14/h7-10,12-13,16H,4-6,11,17H2,1-3H3/t12-,13+,16?. The highest BCUT2D eigenvalue weighted by molar-refractivity contribution is 5.29. The van der Waals surface area contributed by atoms with Crippen LogP contribution in [0.15, 0.2) is 24.3 Å². The molecule has 1 saturated heterocycles. The molecule has 1 heterocycles. The van der Waals surface area contributed by atoms with Crippen molar-refractivity contribution in [1.29, 1.82) is 0 Å². The van der Waals surface area contributed by atoms with E-state index in [-0.39, 0.29) is 6.04 Å². The molecule has 0 aromatic heterocycles. The third-order valence-electron chi connectivity index (χ3n) is 4.33. The Hall–Kier alpha value is -1.06. The minimum Gasteiger partial charge on any atom is -0.497 e. The average Bonchev–Trinajstić information content (AvgIpc) is 2.43. The summed E-state index contributed by atoms with van der Waals surface area (Å²) in [7, 11) is 1.69. The lowest BCUT2D eigenvalue weighted by Gasteiger charge is -2.40. The molecule has 0 bridgehead atoms. The topological polar surface area (TPSA) is 38.5 Å². The summed E-state index contributed by atoms with van der Waals surface area (Å²) in [6.45, 7) is 5.57. The third-order valence-corrected chi connectivity index (χ3v) is 4.33. The van der Waals surface area contributed by atoms with Gasteiger partial charge in [0, 0.05) is 24.7 Å². The summed E-state index contributed by atoms with van der Waals surface area (Å²) in [4.78, 5) is 2.55. The van der Waals surface area contributed by atoms with Crippen LogP contribution in [0.3, 0.4) is 0 Å². The van der Waals surface area contributed by atoms with E-state index in [1.54, 1.807) is 7.11 Å². The first-order chi connectivity index (χ1) is 9.11. The second kappa shape index (κ2) is 6.40. The monoisotopic (exact) mass is 262 g/mol. The fourth-order valence-electron chi connectivity index (χ4n) is 3.02. The van der Waals surface area contributed by atoms with E-state index in [1.165, 1.54) is 24.8 Å². The van der Waals surface area contributed by atoms with Gasteiger partial charge in [-0.1, -0.05) is 18.6 Å². The van der Waals surface area contributed by atoms with Gasteiger partial charge in [0.1, 0.15) is 5.75 Å². The van der Waals surface area contributed by atoms with Crippen molar-refractivity contribution in [2.45, 2.75) is 51.2 Å². The Balaban J connectivity index is 2.00. The number of benzene rings is 1. The fourth-order valence-corrected chi connectivity index (χ4v) is 3.02. The molecule has 0 radical (unpaired) electrons. The highest BCUT2D eigenvalue weighted by atomic mass is 16.5. The van der Waals surface area contributed by atoms with Crippen LogP contribution in [-0.2, 0) is 0 Å². The van der Waals surface area contributed by atoms with Crippen molar-refractivity contribution in [1.82, 2.24) is 4.90 Å². The van der Waals surface area contributed by atoms with Gasteiger partial charge < -0.3 is 10.5 Å². The number of likely N-dealkylation sites (tertiary alicyclic amines) is 1. The summed E-state index contributed by atoms with van der Waals surface area (Å²) < 4.78 is 5.18. The van der Waals surface area contributed by atoms with Crippen LogP contribution in [0.1, 0.15) is 44.7 Å². The Morgan fingerprint density at radius 3 is 2.32 bits per heavy atom. The van der Waals surface area contributed by atoms with Crippen LogP contribution in [0.4, 0.5) is 0 Å². The molecular formula is C16H26N2O. The Morgan fingerprint density at radius 2 is 1.79 bits per heavy atom. The summed E-state index contributed by atoms with van der Waals surface area (Å²) in [5.74, 6) is 0.885. The maximum Gasteiger partial charge on any atom is 0.118 e. The lowest BCUT2D eigenvalue weighted by Crippen LogP contribution is -2.46. The van der Waals surface area contributed by atoms with E-state index in [9.17, 15) is 0 Å². The minimum absolute atomic E-state index is 0.0777. The van der Waals surface area contributed by atoms with Gasteiger partial charge in [-0.05, 0) is 44.4 Å². The lowest BCUT2D eigenvalue weighted by molar-refractivity contribution is 0.0961. The summed E-state index contributed by atoms with van der Waals surface area (Å²) in [5.41, 5.74) is 7.55. The van der Waals surface area contributed by atoms with Gasteiger partial charge in [-0.2, -0.15) is 0 Å². The van der Waals surface area contributed by atoms with E-state index in [4.69, 9.17) is 10.5 Å². The molecule has 1 aromatic rings. The predicted molar refractivity (Wildman–Crippen MR) is 79.4 cm³/mol. The van der Waals surface area contributed by atoms with Crippen molar-refractivity contribution >= 4 is 0 Å². The Labute approximate surface area is 116 Å². The van der Waals surface area contributed by atoms with Gasteiger partial charge in [0.2, 0.25) is 0 Å². The Bertz CT molecular complexity index is 380. The zero-order valence-electron chi connectivity index (χ0n) is 12.3. The van der Waals surface area contributed by atoms with Crippen LogP contribution in [0, 0.1) is 0 Å². The predicted octanol–water partition coefficient (Wildman–Crippen LogP) is 2.96. The van der Waals surface area contributed by atoms with E-state index in [1.807, 2.05) is 12.1 Å². The molecule has 3 heteroatoms. The van der Waals surface area contributed by atoms with Crippen LogP contribution in [-0.4, -0.2) is 30.6 Å². The molecule has 1 fully saturated rings. The first-order valence-corrected chi connectivity index (χ1v) is 7.27. The van der Waals surface area contributed by atoms with Crippen LogP contribution < -0.4 is 10.5 Å².